The fourth-order valence-corrected chi connectivity index (χ4v) is 2.79. The Morgan fingerprint density at radius 2 is 1.22 bits per heavy atom. The fourth-order valence-electron chi connectivity index (χ4n) is 2.79. The Kier molecular flexibility index (Phi) is 14.3. The Bertz CT molecular complexity index is 905. The maximum atomic E-state index is 12.7. The van der Waals surface area contributed by atoms with Gasteiger partial charge < -0.3 is 54.2 Å². The zero-order valence-corrected chi connectivity index (χ0v) is 19.7. The zero-order valence-electron chi connectivity index (χ0n) is 19.7. The average Bonchev–Trinajstić information content (AvgIpc) is 2.76. The molecule has 0 spiro atoms. The van der Waals surface area contributed by atoms with E-state index in [-0.39, 0.29) is 18.9 Å². The minimum atomic E-state index is -1.85. The first kappa shape index (κ1) is 32.5. The van der Waals surface area contributed by atoms with Crippen molar-refractivity contribution in [1.29, 1.82) is 0 Å². The molecule has 4 unspecified atom stereocenters. The minimum Gasteiger partial charge on any atom is -0.481 e. The molecule has 0 rings (SSSR count). The molecule has 208 valence electrons. The van der Waals surface area contributed by atoms with Crippen molar-refractivity contribution in [3.05, 3.63) is 0 Å². The number of nitrogens with one attached hydrogen (secondary N) is 3. The van der Waals surface area contributed by atoms with E-state index in [9.17, 15) is 38.7 Å². The molecule has 0 fully saturated rings. The Labute approximate surface area is 210 Å². The largest absolute Gasteiger partial charge is 0.481 e. The van der Waals surface area contributed by atoms with Gasteiger partial charge >= 0.3 is 17.9 Å². The van der Waals surface area contributed by atoms with E-state index >= 15 is 0 Å². The van der Waals surface area contributed by atoms with Gasteiger partial charge in [-0.25, -0.2) is 4.79 Å². The summed E-state index contributed by atoms with van der Waals surface area (Å²) in [6.45, 7) is 0.171. The molecule has 18 heteroatoms. The maximum Gasteiger partial charge on any atom is 0.326 e. The molecule has 0 aromatic rings. The highest BCUT2D eigenvalue weighted by Crippen LogP contribution is 2.04. The second-order valence-electron chi connectivity index (χ2n) is 7.78. The molecule has 14 N–H and O–H groups in total. The number of carbonyl (C=O) groups excluding carboxylic acids is 4. The Balaban J connectivity index is 5.46. The fraction of sp³-hybridized carbons (Fsp3) is 0.579. The van der Waals surface area contributed by atoms with Crippen molar-refractivity contribution in [2.24, 2.45) is 27.9 Å². The highest BCUT2D eigenvalue weighted by molar-refractivity contribution is 5.97. The summed E-state index contributed by atoms with van der Waals surface area (Å²) in [4.78, 5) is 86.0. The van der Waals surface area contributed by atoms with Crippen molar-refractivity contribution < 1.29 is 48.9 Å². The van der Waals surface area contributed by atoms with Gasteiger partial charge in [0.2, 0.25) is 23.6 Å². The molecule has 0 aliphatic carbocycles. The van der Waals surface area contributed by atoms with Gasteiger partial charge in [0.1, 0.15) is 18.1 Å². The first-order chi connectivity index (χ1) is 17.1. The number of nitrogens with two attached hydrogens (primary N) is 4. The normalized spacial score (nSPS) is 13.6. The number of aliphatic imine (C=N–C) groups is 1. The van der Waals surface area contributed by atoms with Crippen LogP contribution in [0.15, 0.2) is 4.99 Å². The standard InChI is InChI=1S/C19H32N8O10/c20-8(2-1-5-24-19(22)23)15(33)26-10(6-12(21)28)16(34)27-11(7-14(31)32)17(35)25-9(18(36)37)3-4-13(29)30/h8-11H,1-7,20H2,(H2,21,28)(H,25,35)(H,26,33)(H,27,34)(H,29,30)(H,31,32)(H,36,37)(H4,22,23,24). The van der Waals surface area contributed by atoms with Crippen LogP contribution in [0.5, 0.6) is 0 Å². The topological polar surface area (TPSA) is 333 Å². The van der Waals surface area contributed by atoms with E-state index in [2.05, 4.69) is 10.3 Å². The molecule has 0 bridgehead atoms. The van der Waals surface area contributed by atoms with Crippen molar-refractivity contribution in [1.82, 2.24) is 16.0 Å². The number of nitrogens with zero attached hydrogens (tertiary/aromatic N) is 1. The number of rotatable bonds is 18. The van der Waals surface area contributed by atoms with Crippen molar-refractivity contribution in [2.75, 3.05) is 6.54 Å². The van der Waals surface area contributed by atoms with E-state index in [1.165, 1.54) is 0 Å². The van der Waals surface area contributed by atoms with Crippen molar-refractivity contribution in [2.45, 2.75) is 62.7 Å². The molecule has 4 amide bonds. The molecule has 0 aromatic heterocycles. The quantitative estimate of drug-likeness (QED) is 0.0450. The number of amides is 4. The van der Waals surface area contributed by atoms with Gasteiger partial charge in [0.25, 0.3) is 0 Å². The van der Waals surface area contributed by atoms with Gasteiger partial charge in [0, 0.05) is 13.0 Å². The minimum absolute atomic E-state index is 0.0878. The molecule has 0 aliphatic rings. The van der Waals surface area contributed by atoms with E-state index in [1.807, 2.05) is 10.6 Å². The third-order valence-corrected chi connectivity index (χ3v) is 4.62. The molecule has 0 radical (unpaired) electrons. The van der Waals surface area contributed by atoms with Gasteiger partial charge in [-0.1, -0.05) is 0 Å². The number of hydrogen-bond acceptors (Lipinski definition) is 9. The van der Waals surface area contributed by atoms with E-state index < -0.39 is 91.4 Å². The summed E-state index contributed by atoms with van der Waals surface area (Å²) in [7, 11) is 0. The average molecular weight is 533 g/mol. The van der Waals surface area contributed by atoms with Crippen LogP contribution in [0.1, 0.15) is 38.5 Å². The lowest BCUT2D eigenvalue weighted by atomic mass is 10.1. The molecule has 0 aliphatic heterocycles. The van der Waals surface area contributed by atoms with Crippen molar-refractivity contribution in [3.8, 4) is 0 Å². The van der Waals surface area contributed by atoms with Crippen LogP contribution in [-0.4, -0.2) is 93.5 Å². The number of hydrogen-bond donors (Lipinski definition) is 10. The van der Waals surface area contributed by atoms with Crippen LogP contribution in [0.2, 0.25) is 0 Å². The summed E-state index contributed by atoms with van der Waals surface area (Å²) in [6, 6.07) is -6.35. The molecule has 18 nitrogen and oxygen atoms in total. The van der Waals surface area contributed by atoms with Crippen molar-refractivity contribution >= 4 is 47.5 Å². The van der Waals surface area contributed by atoms with Gasteiger partial charge in [-0.2, -0.15) is 0 Å². The number of carboxylic acid groups (broad SMARTS) is 3. The Morgan fingerprint density at radius 3 is 1.68 bits per heavy atom. The van der Waals surface area contributed by atoms with E-state index in [0.717, 1.165) is 0 Å². The molecular formula is C19H32N8O10. The van der Waals surface area contributed by atoms with Gasteiger partial charge in [-0.05, 0) is 19.3 Å². The summed E-state index contributed by atoms with van der Waals surface area (Å²) in [6.07, 6.45) is -2.50. The Hall–Kier alpha value is -4.48. The van der Waals surface area contributed by atoms with Crippen molar-refractivity contribution in [3.63, 3.8) is 0 Å². The van der Waals surface area contributed by atoms with Gasteiger partial charge in [-0.15, -0.1) is 0 Å². The predicted molar refractivity (Wildman–Crippen MR) is 124 cm³/mol. The molecule has 0 heterocycles. The summed E-state index contributed by atoms with van der Waals surface area (Å²) < 4.78 is 0. The summed E-state index contributed by atoms with van der Waals surface area (Å²) in [5.74, 6) is -8.99. The first-order valence-corrected chi connectivity index (χ1v) is 10.8. The number of aliphatic carboxylic acids is 3. The number of carboxylic acids is 3. The van der Waals surface area contributed by atoms with Gasteiger partial charge in [0.15, 0.2) is 5.96 Å². The zero-order chi connectivity index (χ0) is 28.7. The second kappa shape index (κ2) is 16.2. The smallest absolute Gasteiger partial charge is 0.326 e. The third-order valence-electron chi connectivity index (χ3n) is 4.62. The number of guanidine groups is 1. The molecular weight excluding hydrogens is 500 g/mol. The van der Waals surface area contributed by atoms with Crippen LogP contribution in [0.3, 0.4) is 0 Å². The van der Waals surface area contributed by atoms with Gasteiger partial charge in [0.05, 0.1) is 18.9 Å². The molecule has 0 saturated heterocycles. The van der Waals surface area contributed by atoms with Crippen LogP contribution < -0.4 is 38.9 Å². The maximum absolute atomic E-state index is 12.7. The van der Waals surface area contributed by atoms with E-state index in [4.69, 9.17) is 33.1 Å². The van der Waals surface area contributed by atoms with Crippen LogP contribution in [0.4, 0.5) is 0 Å². The second-order valence-corrected chi connectivity index (χ2v) is 7.78. The first-order valence-electron chi connectivity index (χ1n) is 10.8. The van der Waals surface area contributed by atoms with Gasteiger partial charge in [-0.3, -0.25) is 33.8 Å². The van der Waals surface area contributed by atoms with E-state index in [1.54, 1.807) is 0 Å². The lowest BCUT2D eigenvalue weighted by Crippen LogP contribution is -2.58. The summed E-state index contributed by atoms with van der Waals surface area (Å²) >= 11 is 0. The van der Waals surface area contributed by atoms with Crippen LogP contribution >= 0.6 is 0 Å². The number of primary amides is 1. The lowest BCUT2D eigenvalue weighted by Gasteiger charge is -2.24. The van der Waals surface area contributed by atoms with Crippen LogP contribution in [0, 0.1) is 0 Å². The third kappa shape index (κ3) is 14.5. The highest BCUT2D eigenvalue weighted by Gasteiger charge is 2.32. The van der Waals surface area contributed by atoms with E-state index in [0.29, 0.717) is 6.42 Å². The lowest BCUT2D eigenvalue weighted by molar-refractivity contribution is -0.144. The predicted octanol–water partition coefficient (Wildman–Crippen LogP) is -4.88. The summed E-state index contributed by atoms with van der Waals surface area (Å²) in [5, 5.41) is 33.1. The molecule has 4 atom stereocenters. The summed E-state index contributed by atoms with van der Waals surface area (Å²) in [5.41, 5.74) is 21.2. The monoisotopic (exact) mass is 532 g/mol. The molecule has 0 aromatic carbocycles. The number of carbonyl (C=O) groups is 7. The van der Waals surface area contributed by atoms with Crippen LogP contribution in [0.25, 0.3) is 0 Å². The molecule has 0 saturated carbocycles. The Morgan fingerprint density at radius 1 is 0.703 bits per heavy atom. The van der Waals surface area contributed by atoms with Crippen LogP contribution in [-0.2, 0) is 33.6 Å². The highest BCUT2D eigenvalue weighted by atomic mass is 16.4. The SMILES string of the molecule is NC(=O)CC(NC(=O)C(N)CCCN=C(N)N)C(=O)NC(CC(=O)O)C(=O)NC(CCC(=O)O)C(=O)O. The molecule has 37 heavy (non-hydrogen) atoms.